The molecule has 0 atom stereocenters. The maximum atomic E-state index is 10.8. The van der Waals surface area contributed by atoms with Crippen molar-refractivity contribution < 1.29 is 14.3 Å². The zero-order valence-electron chi connectivity index (χ0n) is 8.94. The average molecular weight is 313 g/mol. The number of aromatic carboxylic acids is 1. The highest BCUT2D eigenvalue weighted by Gasteiger charge is 2.10. The number of halogens is 1. The number of benzene rings is 1. The number of hydrogen-bond donors (Lipinski definition) is 1. The van der Waals surface area contributed by atoms with E-state index < -0.39 is 5.97 Å². The van der Waals surface area contributed by atoms with Crippen LogP contribution in [0.1, 0.15) is 16.1 Å². The molecule has 0 fully saturated rings. The number of hydrogen-bond acceptors (Lipinski definition) is 3. The van der Waals surface area contributed by atoms with E-state index in [9.17, 15) is 4.79 Å². The van der Waals surface area contributed by atoms with Crippen molar-refractivity contribution in [3.05, 3.63) is 46.3 Å². The maximum absolute atomic E-state index is 10.8. The Bertz CT molecular complexity index is 563. The van der Waals surface area contributed by atoms with Gasteiger partial charge in [-0.1, -0.05) is 11.8 Å². The number of rotatable bonds is 3. The standard InChI is InChI=1S/C12H9BrO3S/c1-7-10(4-5-16-7)17-11-3-2-8(12(14)15)6-9(11)13/h2-6H,1H3,(H,14,15). The highest BCUT2D eigenvalue weighted by molar-refractivity contribution is 9.10. The zero-order chi connectivity index (χ0) is 12.4. The lowest BCUT2D eigenvalue weighted by atomic mass is 10.2. The SMILES string of the molecule is Cc1occc1Sc1ccc(C(=O)O)cc1Br. The van der Waals surface area contributed by atoms with Crippen molar-refractivity contribution in [3.63, 3.8) is 0 Å². The molecule has 0 spiro atoms. The molecule has 1 heterocycles. The lowest BCUT2D eigenvalue weighted by Gasteiger charge is -2.04. The largest absolute Gasteiger partial charge is 0.478 e. The van der Waals surface area contributed by atoms with Gasteiger partial charge in [-0.05, 0) is 47.1 Å². The van der Waals surface area contributed by atoms with Gasteiger partial charge in [-0.2, -0.15) is 0 Å². The summed E-state index contributed by atoms with van der Waals surface area (Å²) in [6.07, 6.45) is 1.64. The van der Waals surface area contributed by atoms with Crippen LogP contribution in [0.4, 0.5) is 0 Å². The fourth-order valence-corrected chi connectivity index (χ4v) is 2.78. The monoisotopic (exact) mass is 312 g/mol. The topological polar surface area (TPSA) is 50.4 Å². The molecule has 1 aromatic heterocycles. The average Bonchev–Trinajstić information content (AvgIpc) is 2.67. The molecule has 0 saturated heterocycles. The zero-order valence-corrected chi connectivity index (χ0v) is 11.3. The molecule has 0 radical (unpaired) electrons. The molecule has 0 bridgehead atoms. The minimum absolute atomic E-state index is 0.269. The first-order chi connectivity index (χ1) is 8.08. The van der Waals surface area contributed by atoms with Crippen LogP contribution >= 0.6 is 27.7 Å². The lowest BCUT2D eigenvalue weighted by Crippen LogP contribution is -1.95. The van der Waals surface area contributed by atoms with Crippen LogP contribution in [0.25, 0.3) is 0 Å². The Morgan fingerprint density at radius 3 is 2.65 bits per heavy atom. The molecule has 1 N–H and O–H groups in total. The van der Waals surface area contributed by atoms with E-state index in [1.807, 2.05) is 13.0 Å². The molecular formula is C12H9BrO3S. The van der Waals surface area contributed by atoms with Crippen LogP contribution < -0.4 is 0 Å². The van der Waals surface area contributed by atoms with E-state index >= 15 is 0 Å². The normalized spacial score (nSPS) is 10.5. The van der Waals surface area contributed by atoms with Crippen LogP contribution in [0.5, 0.6) is 0 Å². The molecule has 1 aromatic carbocycles. The first-order valence-corrected chi connectivity index (χ1v) is 6.43. The lowest BCUT2D eigenvalue weighted by molar-refractivity contribution is 0.0696. The summed E-state index contributed by atoms with van der Waals surface area (Å²) in [7, 11) is 0. The van der Waals surface area contributed by atoms with Gasteiger partial charge in [0.1, 0.15) is 5.76 Å². The van der Waals surface area contributed by atoms with E-state index in [-0.39, 0.29) is 5.56 Å². The highest BCUT2D eigenvalue weighted by Crippen LogP contribution is 2.35. The maximum Gasteiger partial charge on any atom is 0.335 e. The summed E-state index contributed by atoms with van der Waals surface area (Å²) in [4.78, 5) is 12.8. The third kappa shape index (κ3) is 2.73. The third-order valence-electron chi connectivity index (χ3n) is 2.21. The molecule has 5 heteroatoms. The van der Waals surface area contributed by atoms with Gasteiger partial charge in [-0.25, -0.2) is 4.79 Å². The van der Waals surface area contributed by atoms with Crippen LogP contribution in [0.3, 0.4) is 0 Å². The Morgan fingerprint density at radius 2 is 2.12 bits per heavy atom. The molecule has 17 heavy (non-hydrogen) atoms. The van der Waals surface area contributed by atoms with Gasteiger partial charge in [-0.3, -0.25) is 0 Å². The Hall–Kier alpha value is -1.20. The summed E-state index contributed by atoms with van der Waals surface area (Å²) in [5.41, 5.74) is 0.269. The van der Waals surface area contributed by atoms with Gasteiger partial charge in [0, 0.05) is 9.37 Å². The van der Waals surface area contributed by atoms with Crippen LogP contribution in [0.15, 0.2) is 49.2 Å². The van der Waals surface area contributed by atoms with Gasteiger partial charge < -0.3 is 9.52 Å². The molecule has 0 saturated carbocycles. The summed E-state index contributed by atoms with van der Waals surface area (Å²) < 4.78 is 5.97. The first kappa shape index (κ1) is 12.3. The molecule has 0 aliphatic heterocycles. The smallest absolute Gasteiger partial charge is 0.335 e. The predicted molar refractivity (Wildman–Crippen MR) is 68.7 cm³/mol. The third-order valence-corrected chi connectivity index (χ3v) is 4.35. The quantitative estimate of drug-likeness (QED) is 0.922. The minimum Gasteiger partial charge on any atom is -0.478 e. The Morgan fingerprint density at radius 1 is 1.35 bits per heavy atom. The van der Waals surface area contributed by atoms with Crippen molar-refractivity contribution in [3.8, 4) is 0 Å². The molecule has 0 aliphatic rings. The van der Waals surface area contributed by atoms with Crippen molar-refractivity contribution in [2.45, 2.75) is 16.7 Å². The number of furan rings is 1. The van der Waals surface area contributed by atoms with Crippen molar-refractivity contribution in [1.82, 2.24) is 0 Å². The van der Waals surface area contributed by atoms with Crippen LogP contribution in [-0.4, -0.2) is 11.1 Å². The summed E-state index contributed by atoms with van der Waals surface area (Å²) in [6.45, 7) is 1.89. The Labute approximate surface area is 111 Å². The molecule has 2 aromatic rings. The fourth-order valence-electron chi connectivity index (χ4n) is 1.31. The van der Waals surface area contributed by atoms with Crippen LogP contribution in [0, 0.1) is 6.92 Å². The fraction of sp³-hybridized carbons (Fsp3) is 0.0833. The summed E-state index contributed by atoms with van der Waals surface area (Å²) >= 11 is 4.91. The van der Waals surface area contributed by atoms with Gasteiger partial charge in [0.25, 0.3) is 0 Å². The first-order valence-electron chi connectivity index (χ1n) is 4.82. The van der Waals surface area contributed by atoms with Crippen LogP contribution in [0.2, 0.25) is 0 Å². The van der Waals surface area contributed by atoms with E-state index in [0.29, 0.717) is 0 Å². The van der Waals surface area contributed by atoms with Crippen molar-refractivity contribution in [2.24, 2.45) is 0 Å². The number of carboxylic acids is 1. The Kier molecular flexibility index (Phi) is 3.59. The Balaban J connectivity index is 2.29. The van der Waals surface area contributed by atoms with Crippen molar-refractivity contribution >= 4 is 33.7 Å². The molecule has 2 rings (SSSR count). The van der Waals surface area contributed by atoms with Gasteiger partial charge in [-0.15, -0.1) is 0 Å². The molecule has 0 unspecified atom stereocenters. The molecule has 0 aliphatic carbocycles. The van der Waals surface area contributed by atoms with Crippen molar-refractivity contribution in [1.29, 1.82) is 0 Å². The van der Waals surface area contributed by atoms with Gasteiger partial charge in [0.15, 0.2) is 0 Å². The number of carbonyl (C=O) groups is 1. The van der Waals surface area contributed by atoms with Gasteiger partial charge in [0.05, 0.1) is 16.7 Å². The summed E-state index contributed by atoms with van der Waals surface area (Å²) in [6, 6.07) is 6.85. The second-order valence-corrected chi connectivity index (χ2v) is 5.33. The second-order valence-electron chi connectivity index (χ2n) is 3.39. The van der Waals surface area contributed by atoms with E-state index in [4.69, 9.17) is 9.52 Å². The highest BCUT2D eigenvalue weighted by atomic mass is 79.9. The molecular weight excluding hydrogens is 304 g/mol. The van der Waals surface area contributed by atoms with E-state index in [0.717, 1.165) is 20.0 Å². The summed E-state index contributed by atoms with van der Waals surface area (Å²) in [5, 5.41) is 8.86. The molecule has 3 nitrogen and oxygen atoms in total. The number of aryl methyl sites for hydroxylation is 1. The van der Waals surface area contributed by atoms with Gasteiger partial charge >= 0.3 is 5.97 Å². The predicted octanol–water partition coefficient (Wildman–Crippen LogP) is 4.20. The van der Waals surface area contributed by atoms with E-state index in [2.05, 4.69) is 15.9 Å². The van der Waals surface area contributed by atoms with Crippen molar-refractivity contribution in [2.75, 3.05) is 0 Å². The molecule has 0 amide bonds. The number of carboxylic acid groups (broad SMARTS) is 1. The minimum atomic E-state index is -0.929. The second kappa shape index (κ2) is 4.98. The summed E-state index contributed by atoms with van der Waals surface area (Å²) in [5.74, 6) is -0.0778. The van der Waals surface area contributed by atoms with Crippen LogP contribution in [-0.2, 0) is 0 Å². The molecule has 88 valence electrons. The van der Waals surface area contributed by atoms with Gasteiger partial charge in [0.2, 0.25) is 0 Å². The van der Waals surface area contributed by atoms with E-state index in [1.54, 1.807) is 24.5 Å². The van der Waals surface area contributed by atoms with E-state index in [1.165, 1.54) is 11.8 Å².